The molecule has 1 aromatic carbocycles. The summed E-state index contributed by atoms with van der Waals surface area (Å²) in [4.78, 5) is 11.6. The number of ether oxygens (including phenoxy) is 1. The van der Waals surface area contributed by atoms with Crippen molar-refractivity contribution in [3.63, 3.8) is 0 Å². The number of furan rings is 1. The van der Waals surface area contributed by atoms with Crippen LogP contribution in [0.3, 0.4) is 0 Å². The monoisotopic (exact) mass is 302 g/mol. The summed E-state index contributed by atoms with van der Waals surface area (Å²) in [5, 5.41) is 0.793. The summed E-state index contributed by atoms with van der Waals surface area (Å²) < 4.78 is 22.4. The molecule has 1 saturated heterocycles. The molecule has 1 aliphatic rings. The van der Waals surface area contributed by atoms with Crippen LogP contribution < -0.4 is 5.46 Å². The van der Waals surface area contributed by atoms with Gasteiger partial charge in [0.2, 0.25) is 5.76 Å². The summed E-state index contributed by atoms with van der Waals surface area (Å²) in [7, 11) is 0.821. The van der Waals surface area contributed by atoms with Gasteiger partial charge in [-0.2, -0.15) is 0 Å². The van der Waals surface area contributed by atoms with E-state index in [9.17, 15) is 4.79 Å². The standard InChI is InChI=1S/C16H19BO5/c1-15(2)16(3,4)22-17(21-15)11-7-6-8-12-10(11)9-13(20-12)14(18)19-5/h6-9H,1-5H3. The number of benzene rings is 1. The quantitative estimate of drug-likeness (QED) is 0.630. The Morgan fingerprint density at radius 3 is 2.36 bits per heavy atom. The number of carbonyl (C=O) groups excluding carboxylic acids is 1. The summed E-state index contributed by atoms with van der Waals surface area (Å²) in [6, 6.07) is 7.24. The van der Waals surface area contributed by atoms with Gasteiger partial charge in [0.15, 0.2) is 0 Å². The molecular formula is C16H19BO5. The first-order chi connectivity index (χ1) is 10.2. The minimum atomic E-state index is -0.504. The fourth-order valence-electron chi connectivity index (χ4n) is 2.46. The maximum absolute atomic E-state index is 11.6. The van der Waals surface area contributed by atoms with Gasteiger partial charge >= 0.3 is 13.1 Å². The van der Waals surface area contributed by atoms with E-state index in [2.05, 4.69) is 0 Å². The van der Waals surface area contributed by atoms with Crippen LogP contribution in [0.5, 0.6) is 0 Å². The molecule has 0 N–H and O–H groups in total. The molecule has 0 unspecified atom stereocenters. The highest BCUT2D eigenvalue weighted by atomic mass is 16.7. The van der Waals surface area contributed by atoms with Crippen molar-refractivity contribution in [2.75, 3.05) is 7.11 Å². The van der Waals surface area contributed by atoms with Gasteiger partial charge in [-0.3, -0.25) is 0 Å². The average molecular weight is 302 g/mol. The van der Waals surface area contributed by atoms with Gasteiger partial charge in [0.25, 0.3) is 0 Å². The van der Waals surface area contributed by atoms with Crippen molar-refractivity contribution < 1.29 is 23.3 Å². The van der Waals surface area contributed by atoms with Crippen LogP contribution in [-0.2, 0) is 14.0 Å². The molecule has 5 nitrogen and oxygen atoms in total. The molecule has 1 aliphatic heterocycles. The molecule has 1 aromatic heterocycles. The first-order valence-corrected chi connectivity index (χ1v) is 7.21. The molecule has 1 fully saturated rings. The zero-order valence-corrected chi connectivity index (χ0v) is 13.4. The zero-order valence-electron chi connectivity index (χ0n) is 13.4. The molecule has 0 atom stereocenters. The zero-order chi connectivity index (χ0) is 16.1. The minimum absolute atomic E-state index is 0.168. The van der Waals surface area contributed by atoms with Crippen LogP contribution in [0.4, 0.5) is 0 Å². The van der Waals surface area contributed by atoms with Crippen molar-refractivity contribution >= 4 is 29.5 Å². The number of fused-ring (bicyclic) bond motifs is 1. The SMILES string of the molecule is COC(=O)c1cc2c(B3OC(C)(C)C(C)(C)O3)cccc2o1. The van der Waals surface area contributed by atoms with Crippen LogP contribution in [-0.4, -0.2) is 31.4 Å². The third-order valence-corrected chi connectivity index (χ3v) is 4.49. The summed E-state index contributed by atoms with van der Waals surface area (Å²) in [5.41, 5.74) is 0.603. The lowest BCUT2D eigenvalue weighted by atomic mass is 9.77. The predicted molar refractivity (Wildman–Crippen MR) is 83.3 cm³/mol. The molecule has 116 valence electrons. The van der Waals surface area contributed by atoms with Gasteiger partial charge in [0, 0.05) is 5.39 Å². The highest BCUT2D eigenvalue weighted by molar-refractivity contribution is 6.65. The topological polar surface area (TPSA) is 57.9 Å². The van der Waals surface area contributed by atoms with Gasteiger partial charge in [-0.25, -0.2) is 4.79 Å². The van der Waals surface area contributed by atoms with Gasteiger partial charge in [0.05, 0.1) is 18.3 Å². The summed E-state index contributed by atoms with van der Waals surface area (Å²) in [5.74, 6) is -0.336. The first-order valence-electron chi connectivity index (χ1n) is 7.21. The Hall–Kier alpha value is -1.79. The van der Waals surface area contributed by atoms with Crippen LogP contribution in [0.2, 0.25) is 0 Å². The fraction of sp³-hybridized carbons (Fsp3) is 0.438. The van der Waals surface area contributed by atoms with Gasteiger partial charge in [-0.1, -0.05) is 12.1 Å². The van der Waals surface area contributed by atoms with E-state index < -0.39 is 24.3 Å². The van der Waals surface area contributed by atoms with E-state index in [0.29, 0.717) is 5.58 Å². The van der Waals surface area contributed by atoms with E-state index in [1.807, 2.05) is 39.8 Å². The number of rotatable bonds is 2. The first kappa shape index (κ1) is 15.1. The molecular weight excluding hydrogens is 283 g/mol. The highest BCUT2D eigenvalue weighted by Crippen LogP contribution is 2.37. The van der Waals surface area contributed by atoms with E-state index in [4.69, 9.17) is 18.5 Å². The third kappa shape index (κ3) is 2.23. The van der Waals surface area contributed by atoms with Crippen LogP contribution >= 0.6 is 0 Å². The van der Waals surface area contributed by atoms with Crippen molar-refractivity contribution in [2.45, 2.75) is 38.9 Å². The molecule has 22 heavy (non-hydrogen) atoms. The highest BCUT2D eigenvalue weighted by Gasteiger charge is 2.52. The Kier molecular flexibility index (Phi) is 3.34. The summed E-state index contributed by atoms with van der Waals surface area (Å²) in [6.07, 6.45) is 0. The molecule has 0 aliphatic carbocycles. The van der Waals surface area contributed by atoms with Crippen molar-refractivity contribution in [2.24, 2.45) is 0 Å². The Labute approximate surface area is 129 Å². The molecule has 3 rings (SSSR count). The number of carbonyl (C=O) groups is 1. The summed E-state index contributed by atoms with van der Waals surface area (Å²) >= 11 is 0. The second-order valence-electron chi connectivity index (χ2n) is 6.45. The maximum atomic E-state index is 11.6. The van der Waals surface area contributed by atoms with Gasteiger partial charge in [-0.15, -0.1) is 0 Å². The molecule has 0 radical (unpaired) electrons. The van der Waals surface area contributed by atoms with E-state index in [1.54, 1.807) is 12.1 Å². The van der Waals surface area contributed by atoms with Crippen molar-refractivity contribution in [3.05, 3.63) is 30.0 Å². The lowest BCUT2D eigenvalue weighted by Crippen LogP contribution is -2.41. The van der Waals surface area contributed by atoms with Crippen LogP contribution in [0.25, 0.3) is 11.0 Å². The number of hydrogen-bond donors (Lipinski definition) is 0. The van der Waals surface area contributed by atoms with Crippen LogP contribution in [0, 0.1) is 0 Å². The lowest BCUT2D eigenvalue weighted by Gasteiger charge is -2.32. The van der Waals surface area contributed by atoms with E-state index in [1.165, 1.54) is 7.11 Å². The average Bonchev–Trinajstić information content (AvgIpc) is 2.96. The smallest absolute Gasteiger partial charge is 0.463 e. The number of methoxy groups -OCH3 is 1. The van der Waals surface area contributed by atoms with Crippen molar-refractivity contribution in [1.29, 1.82) is 0 Å². The predicted octanol–water partition coefficient (Wildman–Crippen LogP) is 2.52. The lowest BCUT2D eigenvalue weighted by molar-refractivity contribution is 0.00578. The van der Waals surface area contributed by atoms with Crippen LogP contribution in [0.1, 0.15) is 38.2 Å². The number of esters is 1. The molecule has 0 saturated carbocycles. The molecule has 2 heterocycles. The molecule has 0 amide bonds. The Bertz CT molecular complexity index is 715. The van der Waals surface area contributed by atoms with E-state index >= 15 is 0 Å². The van der Waals surface area contributed by atoms with Gasteiger partial charge in [0.1, 0.15) is 5.58 Å². The van der Waals surface area contributed by atoms with Crippen molar-refractivity contribution in [1.82, 2.24) is 0 Å². The van der Waals surface area contributed by atoms with E-state index in [0.717, 1.165) is 10.8 Å². The molecule has 2 aromatic rings. The molecule has 0 bridgehead atoms. The largest absolute Gasteiger partial charge is 0.495 e. The Balaban J connectivity index is 2.05. The Morgan fingerprint density at radius 1 is 1.14 bits per heavy atom. The van der Waals surface area contributed by atoms with E-state index in [-0.39, 0.29) is 5.76 Å². The second-order valence-corrected chi connectivity index (χ2v) is 6.45. The maximum Gasteiger partial charge on any atom is 0.495 e. The van der Waals surface area contributed by atoms with Gasteiger partial charge in [-0.05, 0) is 45.3 Å². The van der Waals surface area contributed by atoms with Crippen LogP contribution in [0.15, 0.2) is 28.7 Å². The number of hydrogen-bond acceptors (Lipinski definition) is 5. The normalized spacial score (nSPS) is 19.6. The van der Waals surface area contributed by atoms with Gasteiger partial charge < -0.3 is 18.5 Å². The molecule has 6 heteroatoms. The van der Waals surface area contributed by atoms with Crippen molar-refractivity contribution in [3.8, 4) is 0 Å². The molecule has 0 spiro atoms. The second kappa shape index (κ2) is 4.86. The summed E-state index contributed by atoms with van der Waals surface area (Å²) in [6.45, 7) is 8.01. The third-order valence-electron chi connectivity index (χ3n) is 4.49. The minimum Gasteiger partial charge on any atom is -0.463 e. The fourth-order valence-corrected chi connectivity index (χ4v) is 2.46. The Morgan fingerprint density at radius 2 is 1.77 bits per heavy atom.